The van der Waals surface area contributed by atoms with Gasteiger partial charge in [-0.3, -0.25) is 9.69 Å². The number of halogens is 2. The highest BCUT2D eigenvalue weighted by Gasteiger charge is 2.42. The Morgan fingerprint density at radius 3 is 2.61 bits per heavy atom. The number of nitrogen functional groups attached to an aromatic ring is 1. The standard InChI is InChI=1S/C21H31N3O2.2ClH/c22-17-6-7-18-16(14-17)4-3-5-19(18)23-20(25)15-21(8-1-2-9-21)24-10-12-26-13-11-24;;/h6-7,14,19H,1-5,8-13,15,22H2,(H,23,25);2*1H. The molecule has 1 aromatic carbocycles. The smallest absolute Gasteiger partial charge is 0.222 e. The van der Waals surface area contributed by atoms with Crippen molar-refractivity contribution in [2.75, 3.05) is 32.0 Å². The van der Waals surface area contributed by atoms with Crippen molar-refractivity contribution in [2.45, 2.75) is 62.9 Å². The molecule has 1 amide bonds. The molecule has 1 aromatic rings. The van der Waals surface area contributed by atoms with Crippen LogP contribution in [-0.2, 0) is 16.0 Å². The number of amides is 1. The summed E-state index contributed by atoms with van der Waals surface area (Å²) in [4.78, 5) is 15.5. The minimum atomic E-state index is 0. The van der Waals surface area contributed by atoms with Gasteiger partial charge in [0.05, 0.1) is 19.3 Å². The van der Waals surface area contributed by atoms with Crippen LogP contribution in [0.15, 0.2) is 18.2 Å². The predicted octanol–water partition coefficient (Wildman–Crippen LogP) is 3.64. The summed E-state index contributed by atoms with van der Waals surface area (Å²) in [6.45, 7) is 3.50. The van der Waals surface area contributed by atoms with E-state index in [0.717, 1.165) is 64.1 Å². The number of anilines is 1. The van der Waals surface area contributed by atoms with E-state index >= 15 is 0 Å². The lowest BCUT2D eigenvalue weighted by molar-refractivity contribution is -0.126. The lowest BCUT2D eigenvalue weighted by Gasteiger charge is -2.43. The molecule has 0 aromatic heterocycles. The third-order valence-electron chi connectivity index (χ3n) is 6.52. The first-order valence-corrected chi connectivity index (χ1v) is 10.2. The van der Waals surface area contributed by atoms with E-state index in [1.807, 2.05) is 6.07 Å². The van der Waals surface area contributed by atoms with Gasteiger partial charge in [0, 0.05) is 30.7 Å². The van der Waals surface area contributed by atoms with Crippen LogP contribution in [0.5, 0.6) is 0 Å². The molecule has 1 heterocycles. The molecule has 1 saturated heterocycles. The molecule has 2 fully saturated rings. The highest BCUT2D eigenvalue weighted by molar-refractivity contribution is 5.85. The van der Waals surface area contributed by atoms with Crippen molar-refractivity contribution in [1.82, 2.24) is 10.2 Å². The summed E-state index contributed by atoms with van der Waals surface area (Å²) < 4.78 is 5.53. The monoisotopic (exact) mass is 429 g/mol. The number of ether oxygens (including phenoxy) is 1. The highest BCUT2D eigenvalue weighted by atomic mass is 35.5. The summed E-state index contributed by atoms with van der Waals surface area (Å²) in [6.07, 6.45) is 8.55. The topological polar surface area (TPSA) is 67.6 Å². The fourth-order valence-corrected chi connectivity index (χ4v) is 5.20. The van der Waals surface area contributed by atoms with Gasteiger partial charge in [0.25, 0.3) is 0 Å². The Kier molecular flexibility index (Phi) is 8.44. The zero-order chi connectivity index (χ0) is 18.0. The maximum Gasteiger partial charge on any atom is 0.222 e. The zero-order valence-electron chi connectivity index (χ0n) is 16.5. The van der Waals surface area contributed by atoms with Crippen LogP contribution in [0.25, 0.3) is 0 Å². The summed E-state index contributed by atoms with van der Waals surface area (Å²) in [7, 11) is 0. The minimum absolute atomic E-state index is 0. The second-order valence-electron chi connectivity index (χ2n) is 8.18. The van der Waals surface area contributed by atoms with Crippen molar-refractivity contribution >= 4 is 36.4 Å². The molecule has 2 aliphatic carbocycles. The van der Waals surface area contributed by atoms with Crippen molar-refractivity contribution in [3.8, 4) is 0 Å². The Bertz CT molecular complexity index is 659. The Hall–Kier alpha value is -1.01. The van der Waals surface area contributed by atoms with E-state index in [1.54, 1.807) is 0 Å². The number of nitrogens with zero attached hydrogens (tertiary/aromatic N) is 1. The van der Waals surface area contributed by atoms with Crippen molar-refractivity contribution in [3.05, 3.63) is 29.3 Å². The first-order chi connectivity index (χ1) is 12.7. The molecule has 5 nitrogen and oxygen atoms in total. The zero-order valence-corrected chi connectivity index (χ0v) is 18.1. The second kappa shape index (κ2) is 10.1. The molecule has 3 aliphatic rings. The summed E-state index contributed by atoms with van der Waals surface area (Å²) in [5, 5.41) is 3.35. The number of morpholine rings is 1. The van der Waals surface area contributed by atoms with Gasteiger partial charge in [-0.1, -0.05) is 18.9 Å². The number of hydrogen-bond acceptors (Lipinski definition) is 4. The van der Waals surface area contributed by atoms with E-state index in [0.29, 0.717) is 6.42 Å². The molecule has 0 radical (unpaired) electrons. The molecule has 0 spiro atoms. The van der Waals surface area contributed by atoms with Gasteiger partial charge >= 0.3 is 0 Å². The average molecular weight is 430 g/mol. The van der Waals surface area contributed by atoms with Crippen LogP contribution >= 0.6 is 24.8 Å². The summed E-state index contributed by atoms with van der Waals surface area (Å²) in [5.41, 5.74) is 9.35. The number of rotatable bonds is 4. The van der Waals surface area contributed by atoms with E-state index < -0.39 is 0 Å². The second-order valence-corrected chi connectivity index (χ2v) is 8.18. The molecule has 1 unspecified atom stereocenters. The van der Waals surface area contributed by atoms with Crippen LogP contribution in [0.1, 0.15) is 62.1 Å². The van der Waals surface area contributed by atoms with Crippen molar-refractivity contribution < 1.29 is 9.53 Å². The van der Waals surface area contributed by atoms with E-state index in [-0.39, 0.29) is 42.3 Å². The molecule has 7 heteroatoms. The molecule has 28 heavy (non-hydrogen) atoms. The molecule has 1 aliphatic heterocycles. The van der Waals surface area contributed by atoms with Gasteiger partial charge in [-0.2, -0.15) is 0 Å². The number of hydrogen-bond donors (Lipinski definition) is 2. The third kappa shape index (κ3) is 4.93. The summed E-state index contributed by atoms with van der Waals surface area (Å²) in [6, 6.07) is 6.26. The lowest BCUT2D eigenvalue weighted by atomic mass is 9.86. The molecular weight excluding hydrogens is 397 g/mol. The van der Waals surface area contributed by atoms with E-state index in [1.165, 1.54) is 24.0 Å². The third-order valence-corrected chi connectivity index (χ3v) is 6.52. The number of fused-ring (bicyclic) bond motifs is 1. The van der Waals surface area contributed by atoms with E-state index in [2.05, 4.69) is 22.3 Å². The first kappa shape index (κ1) is 23.3. The summed E-state index contributed by atoms with van der Waals surface area (Å²) >= 11 is 0. The van der Waals surface area contributed by atoms with Crippen LogP contribution in [0.4, 0.5) is 5.69 Å². The molecular formula is C21H33Cl2N3O2. The molecule has 158 valence electrons. The summed E-state index contributed by atoms with van der Waals surface area (Å²) in [5.74, 6) is 0.202. The number of carbonyl (C=O) groups excluding carboxylic acids is 1. The molecule has 0 bridgehead atoms. The molecule has 1 atom stereocenters. The Balaban J connectivity index is 0.00000140. The van der Waals surface area contributed by atoms with Crippen molar-refractivity contribution in [3.63, 3.8) is 0 Å². The molecule has 1 saturated carbocycles. The van der Waals surface area contributed by atoms with Crippen LogP contribution in [0.2, 0.25) is 0 Å². The molecule has 4 rings (SSSR count). The number of nitrogens with one attached hydrogen (secondary N) is 1. The molecule has 3 N–H and O–H groups in total. The number of carbonyl (C=O) groups is 1. The quantitative estimate of drug-likeness (QED) is 0.716. The van der Waals surface area contributed by atoms with Crippen LogP contribution in [0, 0.1) is 0 Å². The number of benzene rings is 1. The maximum atomic E-state index is 13.0. The van der Waals surface area contributed by atoms with Gasteiger partial charge in [-0.05, 0) is 55.4 Å². The van der Waals surface area contributed by atoms with Crippen LogP contribution in [-0.4, -0.2) is 42.6 Å². The van der Waals surface area contributed by atoms with Gasteiger partial charge in [-0.25, -0.2) is 0 Å². The Morgan fingerprint density at radius 1 is 1.18 bits per heavy atom. The van der Waals surface area contributed by atoms with Crippen LogP contribution in [0.3, 0.4) is 0 Å². The lowest BCUT2D eigenvalue weighted by Crippen LogP contribution is -2.54. The SMILES string of the molecule is Cl.Cl.Nc1ccc2c(c1)CCCC2NC(=O)CC1(N2CCOCC2)CCCC1. The minimum Gasteiger partial charge on any atom is -0.399 e. The Morgan fingerprint density at radius 2 is 1.89 bits per heavy atom. The average Bonchev–Trinajstić information content (AvgIpc) is 3.12. The van der Waals surface area contributed by atoms with Crippen LogP contribution < -0.4 is 11.1 Å². The van der Waals surface area contributed by atoms with Gasteiger partial charge in [0.2, 0.25) is 5.91 Å². The van der Waals surface area contributed by atoms with Gasteiger partial charge in [0.15, 0.2) is 0 Å². The highest BCUT2D eigenvalue weighted by Crippen LogP contribution is 2.39. The fourth-order valence-electron chi connectivity index (χ4n) is 5.20. The van der Waals surface area contributed by atoms with Gasteiger partial charge in [0.1, 0.15) is 0 Å². The Labute approximate surface area is 180 Å². The predicted molar refractivity (Wildman–Crippen MR) is 117 cm³/mol. The normalized spacial score (nSPS) is 23.8. The van der Waals surface area contributed by atoms with Crippen molar-refractivity contribution in [1.29, 1.82) is 0 Å². The number of aryl methyl sites for hydroxylation is 1. The van der Waals surface area contributed by atoms with Gasteiger partial charge < -0.3 is 15.8 Å². The first-order valence-electron chi connectivity index (χ1n) is 10.2. The van der Waals surface area contributed by atoms with E-state index in [4.69, 9.17) is 10.5 Å². The van der Waals surface area contributed by atoms with Gasteiger partial charge in [-0.15, -0.1) is 24.8 Å². The van der Waals surface area contributed by atoms with Crippen molar-refractivity contribution in [2.24, 2.45) is 0 Å². The largest absolute Gasteiger partial charge is 0.399 e. The number of nitrogens with two attached hydrogens (primary N) is 1. The fraction of sp³-hybridized carbons (Fsp3) is 0.667. The van der Waals surface area contributed by atoms with E-state index in [9.17, 15) is 4.79 Å². The maximum absolute atomic E-state index is 13.0.